The number of hydrogen-bond acceptors (Lipinski definition) is 7. The number of carbonyl (C=O) groups is 1. The lowest BCUT2D eigenvalue weighted by Crippen LogP contribution is -2.13. The fraction of sp³-hybridized carbons (Fsp3) is 0.0526. The molecule has 0 radical (unpaired) electrons. The van der Waals surface area contributed by atoms with E-state index in [1.807, 2.05) is 53.9 Å². The Kier molecular flexibility index (Phi) is 6.43. The summed E-state index contributed by atoms with van der Waals surface area (Å²) >= 11 is 9.43. The van der Waals surface area contributed by atoms with Crippen LogP contribution in [0, 0.1) is 0 Å². The summed E-state index contributed by atoms with van der Waals surface area (Å²) in [6.45, 7) is 0. The highest BCUT2D eigenvalue weighted by atomic mass is 79.9. The van der Waals surface area contributed by atoms with E-state index in [2.05, 4.69) is 52.4 Å². The molecule has 0 saturated heterocycles. The van der Waals surface area contributed by atoms with Gasteiger partial charge in [-0.1, -0.05) is 52.0 Å². The molecule has 1 N–H and O–H groups in total. The predicted molar refractivity (Wildman–Crippen MR) is 122 cm³/mol. The maximum absolute atomic E-state index is 12.2. The van der Waals surface area contributed by atoms with E-state index in [0.29, 0.717) is 16.2 Å². The van der Waals surface area contributed by atoms with Crippen molar-refractivity contribution in [1.29, 1.82) is 0 Å². The number of amides is 1. The van der Waals surface area contributed by atoms with Crippen LogP contribution in [0.25, 0.3) is 22.7 Å². The molecule has 29 heavy (non-hydrogen) atoms. The van der Waals surface area contributed by atoms with Crippen molar-refractivity contribution in [1.82, 2.24) is 15.2 Å². The lowest BCUT2D eigenvalue weighted by atomic mass is 10.2. The van der Waals surface area contributed by atoms with Crippen LogP contribution >= 0.6 is 55.0 Å². The Labute approximate surface area is 191 Å². The lowest BCUT2D eigenvalue weighted by Gasteiger charge is -2.00. The van der Waals surface area contributed by atoms with Gasteiger partial charge in [-0.3, -0.25) is 4.79 Å². The Hall–Kier alpha value is -2.01. The van der Waals surface area contributed by atoms with Crippen LogP contribution in [-0.2, 0) is 4.79 Å². The second-order valence-corrected chi connectivity index (χ2v) is 9.29. The normalized spacial score (nSPS) is 10.8. The second kappa shape index (κ2) is 9.21. The topological polar surface area (TPSA) is 80.9 Å². The number of halogens is 2. The standard InChI is InChI=1S/C19H12Br2N4O2S2/c20-12-7-5-11(6-8-12)15-9-28-18(22-15)23-16(26)10-29-19-25-24-17(27-19)13-3-1-2-4-14(13)21/h1-9H,10H2,(H,22,23,26). The zero-order valence-electron chi connectivity index (χ0n) is 14.6. The van der Waals surface area contributed by atoms with Crippen LogP contribution in [0.15, 0.2) is 72.5 Å². The Morgan fingerprint density at radius 3 is 2.69 bits per heavy atom. The van der Waals surface area contributed by atoms with Crippen molar-refractivity contribution >= 4 is 66.0 Å². The highest BCUT2D eigenvalue weighted by Gasteiger charge is 2.14. The number of aromatic nitrogens is 3. The summed E-state index contributed by atoms with van der Waals surface area (Å²) in [5.74, 6) is 0.358. The first-order valence-corrected chi connectivity index (χ1v) is 11.8. The number of benzene rings is 2. The molecule has 4 aromatic rings. The van der Waals surface area contributed by atoms with Crippen molar-refractivity contribution in [3.05, 3.63) is 62.9 Å². The summed E-state index contributed by atoms with van der Waals surface area (Å²) in [5.41, 5.74) is 2.62. The van der Waals surface area contributed by atoms with Crippen LogP contribution in [0.1, 0.15) is 0 Å². The molecule has 2 aromatic carbocycles. The molecular formula is C19H12Br2N4O2S2. The van der Waals surface area contributed by atoms with Crippen LogP contribution in [0.2, 0.25) is 0 Å². The minimum Gasteiger partial charge on any atom is -0.411 e. The van der Waals surface area contributed by atoms with E-state index in [9.17, 15) is 4.79 Å². The van der Waals surface area contributed by atoms with Crippen LogP contribution in [-0.4, -0.2) is 26.8 Å². The van der Waals surface area contributed by atoms with Gasteiger partial charge in [-0.15, -0.1) is 21.5 Å². The van der Waals surface area contributed by atoms with Crippen LogP contribution in [0.4, 0.5) is 5.13 Å². The highest BCUT2D eigenvalue weighted by molar-refractivity contribution is 9.10. The van der Waals surface area contributed by atoms with Gasteiger partial charge in [0.05, 0.1) is 17.0 Å². The van der Waals surface area contributed by atoms with Gasteiger partial charge in [-0.2, -0.15) is 0 Å². The summed E-state index contributed by atoms with van der Waals surface area (Å²) in [5, 5.41) is 13.6. The second-order valence-electron chi connectivity index (χ2n) is 5.73. The van der Waals surface area contributed by atoms with Crippen molar-refractivity contribution in [3.8, 4) is 22.7 Å². The van der Waals surface area contributed by atoms with E-state index in [-0.39, 0.29) is 11.7 Å². The Morgan fingerprint density at radius 1 is 1.10 bits per heavy atom. The third kappa shape index (κ3) is 5.13. The Morgan fingerprint density at radius 2 is 1.90 bits per heavy atom. The molecule has 10 heteroatoms. The average Bonchev–Trinajstić information content (AvgIpc) is 3.37. The van der Waals surface area contributed by atoms with Gasteiger partial charge in [0.1, 0.15) is 0 Å². The minimum absolute atomic E-state index is 0.144. The Balaban J connectivity index is 1.34. The van der Waals surface area contributed by atoms with Crippen LogP contribution in [0.3, 0.4) is 0 Å². The van der Waals surface area contributed by atoms with Gasteiger partial charge in [0.25, 0.3) is 5.22 Å². The SMILES string of the molecule is O=C(CSc1nnc(-c2ccccc2Br)o1)Nc1nc(-c2ccc(Br)cc2)cs1. The summed E-state index contributed by atoms with van der Waals surface area (Å²) < 4.78 is 7.51. The van der Waals surface area contributed by atoms with E-state index >= 15 is 0 Å². The van der Waals surface area contributed by atoms with Crippen molar-refractivity contribution in [2.24, 2.45) is 0 Å². The van der Waals surface area contributed by atoms with E-state index in [1.165, 1.54) is 23.1 Å². The van der Waals surface area contributed by atoms with Gasteiger partial charge in [-0.25, -0.2) is 4.98 Å². The fourth-order valence-corrected chi connectivity index (χ4v) is 4.40. The van der Waals surface area contributed by atoms with Crippen LogP contribution < -0.4 is 5.32 Å². The van der Waals surface area contributed by atoms with E-state index in [0.717, 1.165) is 25.8 Å². The summed E-state index contributed by atoms with van der Waals surface area (Å²) in [4.78, 5) is 16.7. The Bertz CT molecular complexity index is 1150. The monoisotopic (exact) mass is 550 g/mol. The molecule has 4 rings (SSSR count). The van der Waals surface area contributed by atoms with E-state index in [1.54, 1.807) is 0 Å². The molecule has 1 amide bonds. The maximum Gasteiger partial charge on any atom is 0.277 e. The molecular weight excluding hydrogens is 540 g/mol. The summed E-state index contributed by atoms with van der Waals surface area (Å²) in [6, 6.07) is 15.4. The molecule has 0 aliphatic carbocycles. The van der Waals surface area contributed by atoms with Crippen molar-refractivity contribution in [3.63, 3.8) is 0 Å². The van der Waals surface area contributed by atoms with Gasteiger partial charge in [-0.05, 0) is 40.2 Å². The minimum atomic E-state index is -0.188. The van der Waals surface area contributed by atoms with Crippen molar-refractivity contribution in [2.75, 3.05) is 11.1 Å². The van der Waals surface area contributed by atoms with Crippen LogP contribution in [0.5, 0.6) is 0 Å². The lowest BCUT2D eigenvalue weighted by molar-refractivity contribution is -0.113. The third-order valence-corrected chi connectivity index (χ3v) is 6.52. The zero-order chi connectivity index (χ0) is 20.2. The molecule has 0 fully saturated rings. The summed E-state index contributed by atoms with van der Waals surface area (Å²) in [6.07, 6.45) is 0. The van der Waals surface area contributed by atoms with Gasteiger partial charge in [0, 0.05) is 19.9 Å². The van der Waals surface area contributed by atoms with Gasteiger partial charge in [0.15, 0.2) is 5.13 Å². The molecule has 0 aliphatic heterocycles. The quantitative estimate of drug-likeness (QED) is 0.291. The molecule has 0 spiro atoms. The largest absolute Gasteiger partial charge is 0.411 e. The first kappa shape index (κ1) is 20.3. The molecule has 0 saturated carbocycles. The van der Waals surface area contributed by atoms with Gasteiger partial charge >= 0.3 is 0 Å². The highest BCUT2D eigenvalue weighted by Crippen LogP contribution is 2.29. The number of anilines is 1. The predicted octanol–water partition coefficient (Wildman–Crippen LogP) is 6.12. The number of carbonyl (C=O) groups excluding carboxylic acids is 1. The molecule has 0 aliphatic rings. The molecule has 0 atom stereocenters. The van der Waals surface area contributed by atoms with E-state index < -0.39 is 0 Å². The molecule has 146 valence electrons. The number of rotatable bonds is 6. The fourth-order valence-electron chi connectivity index (χ4n) is 2.38. The number of thiazole rings is 1. The average molecular weight is 552 g/mol. The van der Waals surface area contributed by atoms with Gasteiger partial charge < -0.3 is 9.73 Å². The smallest absolute Gasteiger partial charge is 0.277 e. The first-order valence-electron chi connectivity index (χ1n) is 8.31. The summed E-state index contributed by atoms with van der Waals surface area (Å²) in [7, 11) is 0. The maximum atomic E-state index is 12.2. The molecule has 0 bridgehead atoms. The molecule has 6 nitrogen and oxygen atoms in total. The molecule has 0 unspecified atom stereocenters. The number of nitrogens with one attached hydrogen (secondary N) is 1. The zero-order valence-corrected chi connectivity index (χ0v) is 19.4. The first-order chi connectivity index (χ1) is 14.1. The molecule has 2 aromatic heterocycles. The third-order valence-electron chi connectivity index (χ3n) is 3.73. The van der Waals surface area contributed by atoms with Crippen molar-refractivity contribution in [2.45, 2.75) is 5.22 Å². The molecule has 2 heterocycles. The number of hydrogen-bond donors (Lipinski definition) is 1. The van der Waals surface area contributed by atoms with E-state index in [4.69, 9.17) is 4.42 Å². The van der Waals surface area contributed by atoms with Gasteiger partial charge in [0.2, 0.25) is 11.8 Å². The number of thioether (sulfide) groups is 1. The number of nitrogens with zero attached hydrogens (tertiary/aromatic N) is 3. The van der Waals surface area contributed by atoms with Crippen molar-refractivity contribution < 1.29 is 9.21 Å².